The first-order valence-electron chi connectivity index (χ1n) is 16.5. The monoisotopic (exact) mass is 588 g/mol. The number of allylic oxidation sites excluding steroid dienone is 9. The van der Waals surface area contributed by atoms with Crippen LogP contribution in [0.5, 0.6) is 0 Å². The molecule has 0 aliphatic heterocycles. The highest BCUT2D eigenvalue weighted by Gasteiger charge is 2.58. The minimum Gasteiger partial charge on any atom is -0.314 e. The Morgan fingerprint density at radius 3 is 2.09 bits per heavy atom. The van der Waals surface area contributed by atoms with E-state index >= 15 is 0 Å². The number of hydrogen-bond acceptors (Lipinski definition) is 1. The van der Waals surface area contributed by atoms with Crippen LogP contribution in [0, 0.1) is 0 Å². The van der Waals surface area contributed by atoms with Crippen molar-refractivity contribution in [3.63, 3.8) is 0 Å². The summed E-state index contributed by atoms with van der Waals surface area (Å²) in [5.41, 5.74) is 13.2. The minimum atomic E-state index is -0.549. The fourth-order valence-corrected chi connectivity index (χ4v) is 8.97. The van der Waals surface area contributed by atoms with Crippen LogP contribution in [0.15, 0.2) is 145 Å². The Morgan fingerprint density at radius 2 is 1.30 bits per heavy atom. The molecule has 4 aromatic carbocycles. The molecular formula is C41H35B3N2. The molecule has 1 heterocycles. The summed E-state index contributed by atoms with van der Waals surface area (Å²) in [5.74, 6) is 1.09. The molecule has 0 radical (unpaired) electrons. The zero-order valence-corrected chi connectivity index (χ0v) is 27.2. The van der Waals surface area contributed by atoms with E-state index in [9.17, 15) is 0 Å². The van der Waals surface area contributed by atoms with E-state index in [1.54, 1.807) is 0 Å². The van der Waals surface area contributed by atoms with Gasteiger partial charge in [0.25, 0.3) is 0 Å². The van der Waals surface area contributed by atoms with Gasteiger partial charge in [-0.25, -0.2) is 4.98 Å². The van der Waals surface area contributed by atoms with Crippen LogP contribution in [0.4, 0.5) is 0 Å². The largest absolute Gasteiger partial charge is 0.314 e. The molecule has 0 fully saturated rings. The molecule has 1 atom stereocenters. The standard InChI is InChI=1S/C41H35B3N2/c1-38(2)30-15-5-3-13-27(30)28-21-20-26(25-33(28)38)36-29-14-4-6-16-31(29)40(24-10-9-17-32(36)40)39(22-11-12-23-39)46-35-19-8-7-18-34(35)45-37(46)41(42,43)44/h3-25H,42-44H2,1-2H3. The van der Waals surface area contributed by atoms with Gasteiger partial charge < -0.3 is 4.57 Å². The van der Waals surface area contributed by atoms with E-state index < -0.39 is 11.0 Å². The number of rotatable bonds is 4. The summed E-state index contributed by atoms with van der Waals surface area (Å²) in [6.07, 6.45) is 18.6. The molecule has 2 nitrogen and oxygen atoms in total. The van der Waals surface area contributed by atoms with Gasteiger partial charge in [0, 0.05) is 5.41 Å². The van der Waals surface area contributed by atoms with Gasteiger partial charge in [0.05, 0.1) is 45.8 Å². The number of para-hydroxylation sites is 2. The molecule has 9 rings (SSSR count). The van der Waals surface area contributed by atoms with Crippen LogP contribution >= 0.6 is 0 Å². The number of nitrogens with zero attached hydrogens (tertiary/aromatic N) is 2. The lowest BCUT2D eigenvalue weighted by atomic mass is 9.42. The van der Waals surface area contributed by atoms with E-state index in [0.29, 0.717) is 0 Å². The molecule has 5 heteroatoms. The van der Waals surface area contributed by atoms with Gasteiger partial charge in [-0.3, -0.25) is 0 Å². The minimum absolute atomic E-state index is 0.0693. The van der Waals surface area contributed by atoms with Gasteiger partial charge in [0.15, 0.2) is 0 Å². The van der Waals surface area contributed by atoms with Crippen LogP contribution in [0.25, 0.3) is 27.7 Å². The first-order chi connectivity index (χ1) is 22.2. The average molecular weight is 588 g/mol. The van der Waals surface area contributed by atoms with Gasteiger partial charge >= 0.3 is 0 Å². The highest BCUT2D eigenvalue weighted by Crippen LogP contribution is 2.62. The molecular weight excluding hydrogens is 553 g/mol. The number of aromatic nitrogens is 2. The van der Waals surface area contributed by atoms with Gasteiger partial charge in [-0.1, -0.05) is 140 Å². The van der Waals surface area contributed by atoms with Crippen molar-refractivity contribution in [3.8, 4) is 11.1 Å². The summed E-state index contributed by atoms with van der Waals surface area (Å²) in [5, 5.41) is -0.174. The third kappa shape index (κ3) is 3.33. The maximum atomic E-state index is 5.32. The summed E-state index contributed by atoms with van der Waals surface area (Å²) in [6, 6.07) is 33.9. The molecule has 0 bridgehead atoms. The number of fused-ring (bicyclic) bond motifs is 7. The van der Waals surface area contributed by atoms with E-state index in [1.165, 1.54) is 50.1 Å². The molecule has 4 aliphatic rings. The Balaban J connectivity index is 1.37. The summed E-state index contributed by atoms with van der Waals surface area (Å²) >= 11 is 0. The van der Waals surface area contributed by atoms with Crippen LogP contribution in [-0.4, -0.2) is 33.1 Å². The second-order valence-corrected chi connectivity index (χ2v) is 14.8. The van der Waals surface area contributed by atoms with Crippen molar-refractivity contribution < 1.29 is 0 Å². The van der Waals surface area contributed by atoms with E-state index in [4.69, 9.17) is 4.98 Å². The Labute approximate surface area is 274 Å². The van der Waals surface area contributed by atoms with E-state index in [-0.39, 0.29) is 10.5 Å². The molecule has 46 heavy (non-hydrogen) atoms. The summed E-state index contributed by atoms with van der Waals surface area (Å²) < 4.78 is 2.55. The maximum Gasteiger partial charge on any atom is 0.101 e. The summed E-state index contributed by atoms with van der Waals surface area (Å²) in [6.45, 7) is 4.74. The van der Waals surface area contributed by atoms with Crippen molar-refractivity contribution in [1.82, 2.24) is 9.55 Å². The molecule has 4 aliphatic carbocycles. The van der Waals surface area contributed by atoms with E-state index in [2.05, 4.69) is 182 Å². The summed E-state index contributed by atoms with van der Waals surface area (Å²) in [7, 11) is 6.85. The first-order valence-corrected chi connectivity index (χ1v) is 16.5. The van der Waals surface area contributed by atoms with Gasteiger partial charge in [0.1, 0.15) is 5.54 Å². The molecule has 218 valence electrons. The third-order valence-electron chi connectivity index (χ3n) is 11.0. The molecule has 1 aromatic heterocycles. The van der Waals surface area contributed by atoms with Crippen molar-refractivity contribution in [2.45, 2.75) is 35.3 Å². The van der Waals surface area contributed by atoms with Crippen LogP contribution < -0.4 is 0 Å². The SMILES string of the molecule is BC(B)(B)c1nc2ccccc2n1C1(C23C=CC=CC2=C(c2ccc4c(c2)C(C)(C)c2ccccc2-4)c2ccccc23)C=CC=C1. The zero-order chi connectivity index (χ0) is 31.5. The quantitative estimate of drug-likeness (QED) is 0.234. The van der Waals surface area contributed by atoms with Crippen LogP contribution in [0.3, 0.4) is 0 Å². The second-order valence-electron chi connectivity index (χ2n) is 14.8. The molecule has 5 aromatic rings. The predicted molar refractivity (Wildman–Crippen MR) is 200 cm³/mol. The van der Waals surface area contributed by atoms with E-state index in [0.717, 1.165) is 16.9 Å². The Kier molecular flexibility index (Phi) is 5.49. The molecule has 0 N–H and O–H groups in total. The highest BCUT2D eigenvalue weighted by molar-refractivity contribution is 6.58. The Bertz CT molecular complexity index is 2280. The lowest BCUT2D eigenvalue weighted by Gasteiger charge is -2.48. The van der Waals surface area contributed by atoms with Crippen LogP contribution in [0.2, 0.25) is 0 Å². The Morgan fingerprint density at radius 1 is 0.652 bits per heavy atom. The first kappa shape index (κ1) is 27.5. The number of hydrogen-bond donors (Lipinski definition) is 0. The third-order valence-corrected chi connectivity index (χ3v) is 11.0. The number of benzene rings is 4. The predicted octanol–water partition coefficient (Wildman–Crippen LogP) is 6.05. The van der Waals surface area contributed by atoms with Gasteiger partial charge in [0.2, 0.25) is 0 Å². The van der Waals surface area contributed by atoms with Crippen molar-refractivity contribution in [2.75, 3.05) is 0 Å². The topological polar surface area (TPSA) is 17.8 Å². The zero-order valence-electron chi connectivity index (χ0n) is 27.2. The lowest BCUT2D eigenvalue weighted by Crippen LogP contribution is -2.52. The second kappa shape index (κ2) is 9.16. The smallest absolute Gasteiger partial charge is 0.101 e. The highest BCUT2D eigenvalue weighted by atomic mass is 15.2. The molecule has 0 saturated heterocycles. The van der Waals surface area contributed by atoms with Crippen molar-refractivity contribution in [2.24, 2.45) is 0 Å². The summed E-state index contributed by atoms with van der Waals surface area (Å²) in [4.78, 5) is 5.32. The Hall–Kier alpha value is -4.76. The van der Waals surface area contributed by atoms with Crippen LogP contribution in [0.1, 0.15) is 47.5 Å². The lowest BCUT2D eigenvalue weighted by molar-refractivity contribution is 0.342. The van der Waals surface area contributed by atoms with Crippen molar-refractivity contribution in [1.29, 1.82) is 0 Å². The van der Waals surface area contributed by atoms with Gasteiger partial charge in [-0.05, 0) is 68.3 Å². The molecule has 0 saturated carbocycles. The van der Waals surface area contributed by atoms with Crippen molar-refractivity contribution >= 4 is 40.1 Å². The maximum absolute atomic E-state index is 5.32. The number of imidazole rings is 1. The molecule has 0 amide bonds. The van der Waals surface area contributed by atoms with Crippen LogP contribution in [-0.2, 0) is 21.5 Å². The van der Waals surface area contributed by atoms with Gasteiger partial charge in [-0.2, -0.15) is 0 Å². The normalized spacial score (nSPS) is 21.1. The molecule has 1 unspecified atom stereocenters. The van der Waals surface area contributed by atoms with Crippen molar-refractivity contribution in [3.05, 3.63) is 179 Å². The van der Waals surface area contributed by atoms with E-state index in [1.807, 2.05) is 0 Å². The molecule has 0 spiro atoms. The average Bonchev–Trinajstić information content (AvgIpc) is 3.82. The fourth-order valence-electron chi connectivity index (χ4n) is 8.97. The fraction of sp³-hybridized carbons (Fsp3) is 0.146. The van der Waals surface area contributed by atoms with Gasteiger partial charge in [-0.15, -0.1) is 0 Å².